The molecule has 0 radical (unpaired) electrons. The van der Waals surface area contributed by atoms with Gasteiger partial charge in [0.05, 0.1) is 25.8 Å². The molecule has 0 fully saturated rings. The van der Waals surface area contributed by atoms with Gasteiger partial charge in [0.25, 0.3) is 0 Å². The van der Waals surface area contributed by atoms with E-state index in [2.05, 4.69) is 5.43 Å². The molecular formula is C10H16N2O3. The highest BCUT2D eigenvalue weighted by molar-refractivity contribution is 5.51. The Balaban J connectivity index is 3.24. The standard InChI is InChI=1S/C10H16N2O3/c1-6(12-11)10-8(13)4-7(14-2)5-9(10)15-3/h4-6,12-13H,11H2,1-3H3/t6-/m0/s1. The van der Waals surface area contributed by atoms with Gasteiger partial charge in [-0.2, -0.15) is 0 Å². The molecule has 0 bridgehead atoms. The van der Waals surface area contributed by atoms with Crippen LogP contribution in [0.1, 0.15) is 18.5 Å². The highest BCUT2D eigenvalue weighted by Crippen LogP contribution is 2.36. The third-order valence-corrected chi connectivity index (χ3v) is 2.23. The van der Waals surface area contributed by atoms with E-state index in [1.807, 2.05) is 6.92 Å². The largest absolute Gasteiger partial charge is 0.507 e. The topological polar surface area (TPSA) is 76.7 Å². The number of methoxy groups -OCH3 is 2. The number of nitrogens with two attached hydrogens (primary N) is 1. The van der Waals surface area contributed by atoms with Gasteiger partial charge in [0.2, 0.25) is 0 Å². The number of benzene rings is 1. The van der Waals surface area contributed by atoms with Crippen LogP contribution in [0.5, 0.6) is 17.2 Å². The van der Waals surface area contributed by atoms with Crippen molar-refractivity contribution in [2.45, 2.75) is 13.0 Å². The van der Waals surface area contributed by atoms with Gasteiger partial charge < -0.3 is 14.6 Å². The predicted octanol–water partition coefficient (Wildman–Crippen LogP) is 0.934. The third kappa shape index (κ3) is 2.31. The summed E-state index contributed by atoms with van der Waals surface area (Å²) in [5.41, 5.74) is 3.17. The van der Waals surface area contributed by atoms with Crippen LogP contribution in [0, 0.1) is 0 Å². The number of ether oxygens (including phenoxy) is 2. The minimum atomic E-state index is -0.203. The van der Waals surface area contributed by atoms with E-state index in [1.165, 1.54) is 20.3 Å². The summed E-state index contributed by atoms with van der Waals surface area (Å²) in [5, 5.41) is 9.78. The lowest BCUT2D eigenvalue weighted by Crippen LogP contribution is -2.26. The smallest absolute Gasteiger partial charge is 0.131 e. The number of rotatable bonds is 4. The Morgan fingerprint density at radius 2 is 2.00 bits per heavy atom. The first-order valence-electron chi connectivity index (χ1n) is 4.55. The molecule has 1 rings (SSSR count). The first kappa shape index (κ1) is 11.6. The van der Waals surface area contributed by atoms with E-state index in [9.17, 15) is 5.11 Å². The summed E-state index contributed by atoms with van der Waals surface area (Å²) in [7, 11) is 3.06. The van der Waals surface area contributed by atoms with E-state index < -0.39 is 0 Å². The average Bonchev–Trinajstić information content (AvgIpc) is 2.26. The van der Waals surface area contributed by atoms with E-state index in [0.29, 0.717) is 17.1 Å². The maximum atomic E-state index is 9.78. The Hall–Kier alpha value is -1.46. The fraction of sp³-hybridized carbons (Fsp3) is 0.400. The van der Waals surface area contributed by atoms with Crippen molar-refractivity contribution >= 4 is 0 Å². The lowest BCUT2D eigenvalue weighted by Gasteiger charge is -2.17. The number of hydrazine groups is 1. The number of phenolic OH excluding ortho intramolecular Hbond substituents is 1. The maximum Gasteiger partial charge on any atom is 0.131 e. The lowest BCUT2D eigenvalue weighted by atomic mass is 10.1. The molecule has 1 atom stereocenters. The second kappa shape index (κ2) is 4.86. The molecule has 15 heavy (non-hydrogen) atoms. The van der Waals surface area contributed by atoms with Crippen molar-refractivity contribution in [3.05, 3.63) is 17.7 Å². The Bertz CT molecular complexity index is 342. The molecule has 5 nitrogen and oxygen atoms in total. The predicted molar refractivity (Wildman–Crippen MR) is 56.9 cm³/mol. The van der Waals surface area contributed by atoms with Gasteiger partial charge in [0, 0.05) is 12.1 Å². The van der Waals surface area contributed by atoms with Gasteiger partial charge in [-0.05, 0) is 6.92 Å². The van der Waals surface area contributed by atoms with E-state index in [0.717, 1.165) is 0 Å². The van der Waals surface area contributed by atoms with Crippen molar-refractivity contribution in [3.63, 3.8) is 0 Å². The molecule has 0 saturated heterocycles. The highest BCUT2D eigenvalue weighted by Gasteiger charge is 2.16. The molecule has 0 spiro atoms. The molecule has 0 heterocycles. The first-order chi connectivity index (χ1) is 7.13. The zero-order chi connectivity index (χ0) is 11.4. The van der Waals surface area contributed by atoms with Crippen molar-refractivity contribution in [1.82, 2.24) is 5.43 Å². The Labute approximate surface area is 88.8 Å². The third-order valence-electron chi connectivity index (χ3n) is 2.23. The summed E-state index contributed by atoms with van der Waals surface area (Å²) in [6.07, 6.45) is 0. The highest BCUT2D eigenvalue weighted by atomic mass is 16.5. The van der Waals surface area contributed by atoms with E-state index >= 15 is 0 Å². The van der Waals surface area contributed by atoms with Crippen LogP contribution in [-0.4, -0.2) is 19.3 Å². The van der Waals surface area contributed by atoms with E-state index in [-0.39, 0.29) is 11.8 Å². The van der Waals surface area contributed by atoms with Gasteiger partial charge in [-0.25, -0.2) is 0 Å². The lowest BCUT2D eigenvalue weighted by molar-refractivity contribution is 0.372. The van der Waals surface area contributed by atoms with Crippen molar-refractivity contribution in [2.24, 2.45) is 5.84 Å². The number of hydrogen-bond acceptors (Lipinski definition) is 5. The average molecular weight is 212 g/mol. The Morgan fingerprint density at radius 3 is 2.47 bits per heavy atom. The van der Waals surface area contributed by atoms with Gasteiger partial charge in [-0.3, -0.25) is 11.3 Å². The molecule has 5 heteroatoms. The summed E-state index contributed by atoms with van der Waals surface area (Å²) in [5.74, 6) is 6.49. The van der Waals surface area contributed by atoms with Gasteiger partial charge >= 0.3 is 0 Å². The maximum absolute atomic E-state index is 9.78. The van der Waals surface area contributed by atoms with Crippen LogP contribution in [-0.2, 0) is 0 Å². The van der Waals surface area contributed by atoms with E-state index in [1.54, 1.807) is 6.07 Å². The first-order valence-corrected chi connectivity index (χ1v) is 4.55. The van der Waals surface area contributed by atoms with Crippen LogP contribution in [0.25, 0.3) is 0 Å². The zero-order valence-corrected chi connectivity index (χ0v) is 9.07. The number of hydrogen-bond donors (Lipinski definition) is 3. The normalized spacial score (nSPS) is 12.3. The molecule has 0 aliphatic carbocycles. The molecule has 0 saturated carbocycles. The molecule has 4 N–H and O–H groups in total. The Morgan fingerprint density at radius 1 is 1.33 bits per heavy atom. The van der Waals surface area contributed by atoms with Crippen LogP contribution < -0.4 is 20.7 Å². The number of nitrogens with one attached hydrogen (secondary N) is 1. The minimum Gasteiger partial charge on any atom is -0.507 e. The van der Waals surface area contributed by atoms with Gasteiger partial charge in [0.15, 0.2) is 0 Å². The zero-order valence-electron chi connectivity index (χ0n) is 9.07. The number of aromatic hydroxyl groups is 1. The van der Waals surface area contributed by atoms with Crippen LogP contribution >= 0.6 is 0 Å². The molecule has 0 aliphatic rings. The van der Waals surface area contributed by atoms with Crippen LogP contribution in [0.4, 0.5) is 0 Å². The van der Waals surface area contributed by atoms with Gasteiger partial charge in [0.1, 0.15) is 17.2 Å². The van der Waals surface area contributed by atoms with Crippen molar-refractivity contribution in [1.29, 1.82) is 0 Å². The van der Waals surface area contributed by atoms with Crippen molar-refractivity contribution in [3.8, 4) is 17.2 Å². The molecule has 0 unspecified atom stereocenters. The fourth-order valence-electron chi connectivity index (χ4n) is 1.39. The fourth-order valence-corrected chi connectivity index (χ4v) is 1.39. The van der Waals surface area contributed by atoms with Crippen LogP contribution in [0.15, 0.2) is 12.1 Å². The second-order valence-corrected chi connectivity index (χ2v) is 3.15. The van der Waals surface area contributed by atoms with Gasteiger partial charge in [-0.1, -0.05) is 0 Å². The monoisotopic (exact) mass is 212 g/mol. The summed E-state index contributed by atoms with van der Waals surface area (Å²) in [4.78, 5) is 0. The van der Waals surface area contributed by atoms with Crippen molar-refractivity contribution < 1.29 is 14.6 Å². The molecule has 84 valence electrons. The molecular weight excluding hydrogens is 196 g/mol. The summed E-state index contributed by atoms with van der Waals surface area (Å²) >= 11 is 0. The molecule has 1 aromatic rings. The second-order valence-electron chi connectivity index (χ2n) is 3.15. The van der Waals surface area contributed by atoms with Crippen molar-refractivity contribution in [2.75, 3.05) is 14.2 Å². The summed E-state index contributed by atoms with van der Waals surface area (Å²) in [6, 6.07) is 3.01. The van der Waals surface area contributed by atoms with Crippen LogP contribution in [0.2, 0.25) is 0 Å². The summed E-state index contributed by atoms with van der Waals surface area (Å²) in [6.45, 7) is 1.82. The molecule has 0 aliphatic heterocycles. The van der Waals surface area contributed by atoms with Crippen LogP contribution in [0.3, 0.4) is 0 Å². The van der Waals surface area contributed by atoms with E-state index in [4.69, 9.17) is 15.3 Å². The number of phenols is 1. The molecule has 0 amide bonds. The minimum absolute atomic E-state index is 0.0941. The Kier molecular flexibility index (Phi) is 3.76. The quantitative estimate of drug-likeness (QED) is 0.511. The summed E-state index contributed by atoms with van der Waals surface area (Å²) < 4.78 is 10.2. The molecule has 1 aromatic carbocycles. The van der Waals surface area contributed by atoms with Gasteiger partial charge in [-0.15, -0.1) is 0 Å². The molecule has 0 aromatic heterocycles. The SMILES string of the molecule is COc1cc(O)c([C@H](C)NN)c(OC)c1.